The smallest absolute Gasteiger partial charge is 0.319 e. The molecule has 0 fully saturated rings. The first-order chi connectivity index (χ1) is 10.1. The molecular formula is C15H16ClN3O2. The highest BCUT2D eigenvalue weighted by Gasteiger charge is 2.10. The fourth-order valence-corrected chi connectivity index (χ4v) is 2.00. The maximum atomic E-state index is 11.9. The van der Waals surface area contributed by atoms with Crippen molar-refractivity contribution in [2.45, 2.75) is 13.0 Å². The predicted molar refractivity (Wildman–Crippen MR) is 82.8 cm³/mol. The molecule has 1 aromatic heterocycles. The average molecular weight is 306 g/mol. The Morgan fingerprint density at radius 1 is 1.33 bits per heavy atom. The molecule has 21 heavy (non-hydrogen) atoms. The third-order valence-electron chi connectivity index (χ3n) is 2.90. The van der Waals surface area contributed by atoms with Gasteiger partial charge in [0, 0.05) is 11.1 Å². The van der Waals surface area contributed by atoms with Gasteiger partial charge in [-0.25, -0.2) is 9.78 Å². The lowest BCUT2D eigenvalue weighted by atomic mass is 10.1. The summed E-state index contributed by atoms with van der Waals surface area (Å²) in [6.45, 7) is 1.89. The van der Waals surface area contributed by atoms with Gasteiger partial charge < -0.3 is 15.4 Å². The van der Waals surface area contributed by atoms with Crippen molar-refractivity contribution in [1.82, 2.24) is 10.3 Å². The Hall–Kier alpha value is -2.27. The molecule has 0 aliphatic heterocycles. The summed E-state index contributed by atoms with van der Waals surface area (Å²) in [5.41, 5.74) is 1.53. The van der Waals surface area contributed by atoms with Crippen LogP contribution in [0.4, 0.5) is 10.5 Å². The van der Waals surface area contributed by atoms with E-state index < -0.39 is 0 Å². The Kier molecular flexibility index (Phi) is 5.00. The molecule has 2 rings (SSSR count). The van der Waals surface area contributed by atoms with Gasteiger partial charge in [0.2, 0.25) is 5.88 Å². The van der Waals surface area contributed by atoms with Gasteiger partial charge in [0.15, 0.2) is 0 Å². The van der Waals surface area contributed by atoms with Crippen LogP contribution >= 0.6 is 11.6 Å². The Morgan fingerprint density at radius 2 is 2.14 bits per heavy atom. The summed E-state index contributed by atoms with van der Waals surface area (Å²) in [4.78, 5) is 15.9. The minimum Gasteiger partial charge on any atom is -0.481 e. The number of rotatable bonds is 4. The lowest BCUT2D eigenvalue weighted by Gasteiger charge is -2.15. The van der Waals surface area contributed by atoms with Crippen LogP contribution < -0.4 is 15.4 Å². The van der Waals surface area contributed by atoms with Gasteiger partial charge >= 0.3 is 6.03 Å². The van der Waals surface area contributed by atoms with E-state index in [1.165, 1.54) is 13.3 Å². The predicted octanol–water partition coefficient (Wildman–Crippen LogP) is 3.63. The summed E-state index contributed by atoms with van der Waals surface area (Å²) in [5.74, 6) is 0.494. The maximum Gasteiger partial charge on any atom is 0.319 e. The molecular weight excluding hydrogens is 290 g/mol. The number of ether oxygens (including phenoxy) is 1. The average Bonchev–Trinajstić information content (AvgIpc) is 2.48. The van der Waals surface area contributed by atoms with Gasteiger partial charge in [-0.3, -0.25) is 0 Å². The number of amides is 2. The number of nitrogens with one attached hydrogen (secondary N) is 2. The normalized spacial score (nSPS) is 11.6. The van der Waals surface area contributed by atoms with E-state index in [1.54, 1.807) is 18.2 Å². The molecule has 0 radical (unpaired) electrons. The van der Waals surface area contributed by atoms with Crippen molar-refractivity contribution in [2.24, 2.45) is 0 Å². The zero-order valence-electron chi connectivity index (χ0n) is 11.8. The first-order valence-corrected chi connectivity index (χ1v) is 6.79. The minimum absolute atomic E-state index is 0.157. The van der Waals surface area contributed by atoms with Gasteiger partial charge in [-0.2, -0.15) is 0 Å². The second kappa shape index (κ2) is 6.95. The zero-order valence-corrected chi connectivity index (χ0v) is 12.5. The molecule has 2 amide bonds. The van der Waals surface area contributed by atoms with Crippen LogP contribution in [0.1, 0.15) is 18.5 Å². The highest BCUT2D eigenvalue weighted by Crippen LogP contribution is 2.17. The number of carbonyl (C=O) groups is 1. The molecule has 6 heteroatoms. The maximum absolute atomic E-state index is 11.9. The van der Waals surface area contributed by atoms with Crippen LogP contribution in [0.15, 0.2) is 42.6 Å². The number of pyridine rings is 1. The molecule has 1 atom stereocenters. The van der Waals surface area contributed by atoms with Crippen molar-refractivity contribution in [3.05, 3.63) is 53.2 Å². The summed E-state index contributed by atoms with van der Waals surface area (Å²) < 4.78 is 4.96. The van der Waals surface area contributed by atoms with Gasteiger partial charge in [-0.05, 0) is 30.7 Å². The van der Waals surface area contributed by atoms with E-state index >= 15 is 0 Å². The van der Waals surface area contributed by atoms with E-state index in [0.717, 1.165) is 5.56 Å². The van der Waals surface area contributed by atoms with E-state index in [4.69, 9.17) is 16.3 Å². The molecule has 0 saturated carbocycles. The van der Waals surface area contributed by atoms with Crippen molar-refractivity contribution in [3.63, 3.8) is 0 Å². The van der Waals surface area contributed by atoms with Crippen molar-refractivity contribution in [1.29, 1.82) is 0 Å². The zero-order chi connectivity index (χ0) is 15.2. The van der Waals surface area contributed by atoms with Crippen molar-refractivity contribution >= 4 is 23.3 Å². The lowest BCUT2D eigenvalue weighted by molar-refractivity contribution is 0.249. The number of carbonyl (C=O) groups excluding carboxylic acids is 1. The van der Waals surface area contributed by atoms with E-state index in [1.807, 2.05) is 25.1 Å². The summed E-state index contributed by atoms with van der Waals surface area (Å²) >= 11 is 5.94. The van der Waals surface area contributed by atoms with E-state index in [0.29, 0.717) is 16.6 Å². The molecule has 1 heterocycles. The van der Waals surface area contributed by atoms with Crippen LogP contribution in [0.25, 0.3) is 0 Å². The van der Waals surface area contributed by atoms with E-state index in [2.05, 4.69) is 15.6 Å². The Morgan fingerprint density at radius 3 is 2.76 bits per heavy atom. The summed E-state index contributed by atoms with van der Waals surface area (Å²) in [6.07, 6.45) is 1.53. The molecule has 1 aromatic carbocycles. The number of hydrogen-bond donors (Lipinski definition) is 2. The summed E-state index contributed by atoms with van der Waals surface area (Å²) in [7, 11) is 1.54. The Balaban J connectivity index is 1.94. The van der Waals surface area contributed by atoms with Crippen molar-refractivity contribution in [3.8, 4) is 5.88 Å². The fraction of sp³-hybridized carbons (Fsp3) is 0.200. The topological polar surface area (TPSA) is 63.2 Å². The summed E-state index contributed by atoms with van der Waals surface area (Å²) in [6, 6.07) is 10.3. The van der Waals surface area contributed by atoms with Crippen LogP contribution in [0.3, 0.4) is 0 Å². The number of methoxy groups -OCH3 is 1. The van der Waals surface area contributed by atoms with Crippen molar-refractivity contribution in [2.75, 3.05) is 12.4 Å². The van der Waals surface area contributed by atoms with Crippen LogP contribution in [0.5, 0.6) is 5.88 Å². The van der Waals surface area contributed by atoms with Gasteiger partial charge in [0.25, 0.3) is 0 Å². The number of hydrogen-bond acceptors (Lipinski definition) is 3. The van der Waals surface area contributed by atoms with Gasteiger partial charge in [0.1, 0.15) is 0 Å². The van der Waals surface area contributed by atoms with Crippen molar-refractivity contribution < 1.29 is 9.53 Å². The number of halogens is 1. The molecule has 1 unspecified atom stereocenters. The molecule has 0 aliphatic carbocycles. The van der Waals surface area contributed by atoms with Crippen LogP contribution in [-0.4, -0.2) is 18.1 Å². The van der Waals surface area contributed by atoms with Gasteiger partial charge in [-0.15, -0.1) is 0 Å². The minimum atomic E-state index is -0.311. The van der Waals surface area contributed by atoms with Gasteiger partial charge in [0.05, 0.1) is 25.0 Å². The number of nitrogens with zero attached hydrogens (tertiary/aromatic N) is 1. The molecule has 0 spiro atoms. The summed E-state index contributed by atoms with van der Waals surface area (Å²) in [5, 5.41) is 6.18. The molecule has 0 aliphatic rings. The molecule has 2 N–H and O–H groups in total. The number of benzene rings is 1. The second-order valence-electron chi connectivity index (χ2n) is 4.46. The molecule has 110 valence electrons. The number of anilines is 1. The van der Waals surface area contributed by atoms with Gasteiger partial charge in [-0.1, -0.05) is 23.7 Å². The quantitative estimate of drug-likeness (QED) is 0.906. The lowest BCUT2D eigenvalue weighted by Crippen LogP contribution is -2.31. The first kappa shape index (κ1) is 15.1. The molecule has 0 saturated heterocycles. The van der Waals surface area contributed by atoms with Crippen LogP contribution in [0.2, 0.25) is 5.02 Å². The third kappa shape index (κ3) is 4.36. The van der Waals surface area contributed by atoms with E-state index in [-0.39, 0.29) is 12.1 Å². The fourth-order valence-electron chi connectivity index (χ4n) is 1.80. The molecule has 2 aromatic rings. The first-order valence-electron chi connectivity index (χ1n) is 6.41. The Labute approximate surface area is 128 Å². The van der Waals surface area contributed by atoms with Crippen LogP contribution in [-0.2, 0) is 0 Å². The largest absolute Gasteiger partial charge is 0.481 e. The van der Waals surface area contributed by atoms with E-state index in [9.17, 15) is 4.79 Å². The second-order valence-corrected chi connectivity index (χ2v) is 4.90. The highest BCUT2D eigenvalue weighted by molar-refractivity contribution is 6.30. The number of urea groups is 1. The highest BCUT2D eigenvalue weighted by atomic mass is 35.5. The third-order valence-corrected chi connectivity index (χ3v) is 3.13. The standard InChI is InChI=1S/C15H16ClN3O2/c1-10(11-4-3-5-12(16)8-11)18-15(20)19-13-6-7-14(21-2)17-9-13/h3-10H,1-2H3,(H2,18,19,20). The van der Waals surface area contributed by atoms with Crippen LogP contribution in [0, 0.1) is 0 Å². The molecule has 0 bridgehead atoms. The SMILES string of the molecule is COc1ccc(NC(=O)NC(C)c2cccc(Cl)c2)cn1. The Bertz CT molecular complexity index is 617. The monoisotopic (exact) mass is 305 g/mol. The number of aromatic nitrogens is 1. The molecule has 5 nitrogen and oxygen atoms in total.